The highest BCUT2D eigenvalue weighted by atomic mass is 32.1. The molecule has 0 saturated carbocycles. The SMILES string of the molecule is Cc1cc([C@H]2[C@H](c3ccccn3)NC(=S)N2c2ccccc2F)c(C)n1-c1ccc(F)cc1. The van der Waals surface area contributed by atoms with E-state index in [0.717, 1.165) is 28.3 Å². The van der Waals surface area contributed by atoms with Gasteiger partial charge in [-0.25, -0.2) is 8.78 Å². The van der Waals surface area contributed by atoms with Gasteiger partial charge in [-0.2, -0.15) is 0 Å². The molecule has 0 bridgehead atoms. The molecular weight excluding hydrogens is 438 g/mol. The van der Waals surface area contributed by atoms with Gasteiger partial charge in [-0.15, -0.1) is 0 Å². The van der Waals surface area contributed by atoms with E-state index in [2.05, 4.69) is 20.9 Å². The van der Waals surface area contributed by atoms with Crippen LogP contribution >= 0.6 is 12.2 Å². The number of benzene rings is 2. The number of anilines is 1. The maximum Gasteiger partial charge on any atom is 0.174 e. The number of halogens is 2. The molecule has 1 aliphatic heterocycles. The highest BCUT2D eigenvalue weighted by Crippen LogP contribution is 2.44. The number of thiocarbonyl (C=S) groups is 1. The van der Waals surface area contributed by atoms with Crippen molar-refractivity contribution >= 4 is 23.0 Å². The first kappa shape index (κ1) is 21.3. The number of para-hydroxylation sites is 1. The van der Waals surface area contributed by atoms with Crippen LogP contribution in [0.25, 0.3) is 5.69 Å². The van der Waals surface area contributed by atoms with Crippen LogP contribution in [0.1, 0.15) is 34.7 Å². The van der Waals surface area contributed by atoms with Gasteiger partial charge < -0.3 is 14.8 Å². The Morgan fingerprint density at radius 3 is 2.36 bits per heavy atom. The normalized spacial score (nSPS) is 17.9. The molecule has 1 aliphatic rings. The van der Waals surface area contributed by atoms with Crippen LogP contribution in [0.5, 0.6) is 0 Å². The van der Waals surface area contributed by atoms with Crippen LogP contribution in [-0.4, -0.2) is 14.7 Å². The smallest absolute Gasteiger partial charge is 0.174 e. The predicted molar refractivity (Wildman–Crippen MR) is 130 cm³/mol. The van der Waals surface area contributed by atoms with Gasteiger partial charge in [0.2, 0.25) is 0 Å². The molecule has 1 fully saturated rings. The largest absolute Gasteiger partial charge is 0.351 e. The second-order valence-electron chi connectivity index (χ2n) is 8.09. The van der Waals surface area contributed by atoms with Gasteiger partial charge in [-0.3, -0.25) is 4.98 Å². The second-order valence-corrected chi connectivity index (χ2v) is 8.47. The zero-order chi connectivity index (χ0) is 23.1. The van der Waals surface area contributed by atoms with Gasteiger partial charge in [0.25, 0.3) is 0 Å². The Balaban J connectivity index is 1.69. The lowest BCUT2D eigenvalue weighted by Gasteiger charge is -2.28. The van der Waals surface area contributed by atoms with Crippen LogP contribution in [0, 0.1) is 25.5 Å². The number of aryl methyl sites for hydroxylation is 1. The molecule has 4 aromatic rings. The summed E-state index contributed by atoms with van der Waals surface area (Å²) >= 11 is 5.70. The average Bonchev–Trinajstić information content (AvgIpc) is 3.31. The topological polar surface area (TPSA) is 33.1 Å². The molecule has 0 spiro atoms. The van der Waals surface area contributed by atoms with E-state index in [9.17, 15) is 8.78 Å². The molecule has 2 aromatic carbocycles. The summed E-state index contributed by atoms with van der Waals surface area (Å²) in [4.78, 5) is 6.39. The molecule has 1 N–H and O–H groups in total. The Bertz CT molecular complexity index is 1320. The zero-order valence-corrected chi connectivity index (χ0v) is 19.0. The van der Waals surface area contributed by atoms with Crippen molar-refractivity contribution in [3.05, 3.63) is 113 Å². The molecule has 1 saturated heterocycles. The van der Waals surface area contributed by atoms with Crippen LogP contribution in [-0.2, 0) is 0 Å². The highest BCUT2D eigenvalue weighted by Gasteiger charge is 2.43. The third-order valence-electron chi connectivity index (χ3n) is 6.08. The summed E-state index contributed by atoms with van der Waals surface area (Å²) in [7, 11) is 0. The molecule has 7 heteroatoms. The summed E-state index contributed by atoms with van der Waals surface area (Å²) in [6.07, 6.45) is 1.74. The number of hydrogen-bond acceptors (Lipinski definition) is 2. The third kappa shape index (κ3) is 3.68. The molecule has 5 rings (SSSR count). The first-order chi connectivity index (χ1) is 16.0. The van der Waals surface area contributed by atoms with Gasteiger partial charge in [0, 0.05) is 23.3 Å². The molecule has 0 aliphatic carbocycles. The lowest BCUT2D eigenvalue weighted by molar-refractivity contribution is 0.556. The number of pyridine rings is 1. The van der Waals surface area contributed by atoms with Crippen LogP contribution in [0.2, 0.25) is 0 Å². The Morgan fingerprint density at radius 2 is 1.67 bits per heavy atom. The van der Waals surface area contributed by atoms with E-state index in [4.69, 9.17) is 12.2 Å². The monoisotopic (exact) mass is 460 g/mol. The first-order valence-corrected chi connectivity index (χ1v) is 11.1. The van der Waals surface area contributed by atoms with Gasteiger partial charge in [-0.1, -0.05) is 18.2 Å². The van der Waals surface area contributed by atoms with Crippen molar-refractivity contribution in [3.8, 4) is 5.69 Å². The van der Waals surface area contributed by atoms with Gasteiger partial charge >= 0.3 is 0 Å². The summed E-state index contributed by atoms with van der Waals surface area (Å²) in [5.74, 6) is -0.631. The molecule has 4 nitrogen and oxygen atoms in total. The van der Waals surface area contributed by atoms with E-state index in [1.807, 2.05) is 36.9 Å². The predicted octanol–water partition coefficient (Wildman–Crippen LogP) is 5.94. The lowest BCUT2D eigenvalue weighted by Crippen LogP contribution is -2.30. The van der Waals surface area contributed by atoms with Gasteiger partial charge in [0.1, 0.15) is 11.6 Å². The molecule has 0 radical (unpaired) electrons. The Labute approximate surface area is 196 Å². The summed E-state index contributed by atoms with van der Waals surface area (Å²) in [5.41, 5.74) is 5.03. The van der Waals surface area contributed by atoms with Crippen molar-refractivity contribution < 1.29 is 8.78 Å². The number of rotatable bonds is 4. The first-order valence-electron chi connectivity index (χ1n) is 10.7. The number of hydrogen-bond donors (Lipinski definition) is 1. The van der Waals surface area contributed by atoms with Crippen molar-refractivity contribution in [1.29, 1.82) is 0 Å². The molecule has 166 valence electrons. The van der Waals surface area contributed by atoms with Gasteiger partial charge in [-0.05, 0) is 86.2 Å². The standard InChI is InChI=1S/C26H22F2N4S/c1-16-15-20(17(2)31(16)19-12-10-18(27)11-13-19)25-24(22-8-5-6-14-29-22)30-26(33)32(25)23-9-4-3-7-21(23)28/h3-15,24-25H,1-2H3,(H,30,33)/t24-,25-/m0/s1. The van der Waals surface area contributed by atoms with Crippen LogP contribution in [0.3, 0.4) is 0 Å². The minimum atomic E-state index is -0.347. The second kappa shape index (κ2) is 8.41. The van der Waals surface area contributed by atoms with Crippen molar-refractivity contribution in [3.63, 3.8) is 0 Å². The quantitative estimate of drug-likeness (QED) is 0.382. The van der Waals surface area contributed by atoms with Gasteiger partial charge in [0.05, 0.1) is 23.5 Å². The molecule has 0 unspecified atom stereocenters. The molecule has 0 amide bonds. The van der Waals surface area contributed by atoms with E-state index in [0.29, 0.717) is 10.8 Å². The Kier molecular flexibility index (Phi) is 5.42. The zero-order valence-electron chi connectivity index (χ0n) is 18.2. The molecular formula is C26H22F2N4S. The van der Waals surface area contributed by atoms with E-state index >= 15 is 0 Å². The molecule has 2 aromatic heterocycles. The minimum Gasteiger partial charge on any atom is -0.351 e. The van der Waals surface area contributed by atoms with E-state index in [1.54, 1.807) is 36.5 Å². The van der Waals surface area contributed by atoms with Crippen molar-refractivity contribution in [2.24, 2.45) is 0 Å². The lowest BCUT2D eigenvalue weighted by atomic mass is 9.96. The van der Waals surface area contributed by atoms with Crippen LogP contribution in [0.15, 0.2) is 79.0 Å². The van der Waals surface area contributed by atoms with Crippen molar-refractivity contribution in [2.75, 3.05) is 4.90 Å². The number of nitrogens with zero attached hydrogens (tertiary/aromatic N) is 3. The summed E-state index contributed by atoms with van der Waals surface area (Å²) in [6.45, 7) is 4.02. The van der Waals surface area contributed by atoms with Gasteiger partial charge in [0.15, 0.2) is 5.11 Å². The minimum absolute atomic E-state index is 0.277. The molecule has 2 atom stereocenters. The fourth-order valence-electron chi connectivity index (χ4n) is 4.65. The van der Waals surface area contributed by atoms with E-state index < -0.39 is 0 Å². The van der Waals surface area contributed by atoms with E-state index in [-0.39, 0.29) is 23.7 Å². The Morgan fingerprint density at radius 1 is 0.939 bits per heavy atom. The highest BCUT2D eigenvalue weighted by molar-refractivity contribution is 7.80. The summed E-state index contributed by atoms with van der Waals surface area (Å²) in [6, 6.07) is 20.2. The number of nitrogens with one attached hydrogen (secondary N) is 1. The summed E-state index contributed by atoms with van der Waals surface area (Å²) < 4.78 is 30.5. The van der Waals surface area contributed by atoms with Crippen LogP contribution in [0.4, 0.5) is 14.5 Å². The number of aromatic nitrogens is 2. The fraction of sp³-hybridized carbons (Fsp3) is 0.154. The average molecular weight is 461 g/mol. The summed E-state index contributed by atoms with van der Waals surface area (Å²) in [5, 5.41) is 3.80. The molecule has 33 heavy (non-hydrogen) atoms. The Hall–Kier alpha value is -3.58. The fourth-order valence-corrected chi connectivity index (χ4v) is 4.99. The molecule has 3 heterocycles. The van der Waals surface area contributed by atoms with Crippen LogP contribution < -0.4 is 10.2 Å². The van der Waals surface area contributed by atoms with Crippen molar-refractivity contribution in [2.45, 2.75) is 25.9 Å². The maximum absolute atomic E-state index is 14.9. The maximum atomic E-state index is 14.9. The van der Waals surface area contributed by atoms with E-state index in [1.165, 1.54) is 18.2 Å². The van der Waals surface area contributed by atoms with Crippen molar-refractivity contribution in [1.82, 2.24) is 14.9 Å². The third-order valence-corrected chi connectivity index (χ3v) is 6.40.